The van der Waals surface area contributed by atoms with E-state index in [4.69, 9.17) is 14.2 Å². The standard InChI is InChI=1S/C40H45N3O5/c1-3-24-43(34-12-7-8-13-34)26-37-28(2)38(30-18-16-29(27-44)17-19-30)48-39(47-37)31-10-9-11-33(25-31)42-40(45)41-32-20-22-36(23-21-32)46-35-14-5-4-6-15-35/h3-6,9-11,14-23,25,28,34,37-39,44H,1,7-8,12-13,24,26-27H2,2H3,(H2,41,42,45)/t28-,37+,38+,39+/m0/s1. The highest BCUT2D eigenvalue weighted by atomic mass is 16.7. The van der Waals surface area contributed by atoms with Crippen LogP contribution in [0.25, 0.3) is 0 Å². The van der Waals surface area contributed by atoms with E-state index >= 15 is 0 Å². The van der Waals surface area contributed by atoms with Crippen molar-refractivity contribution in [2.24, 2.45) is 5.92 Å². The quantitative estimate of drug-likeness (QED) is 0.133. The number of hydrogen-bond acceptors (Lipinski definition) is 6. The number of amides is 2. The maximum atomic E-state index is 13.0. The smallest absolute Gasteiger partial charge is 0.323 e. The van der Waals surface area contributed by atoms with Crippen LogP contribution in [0.15, 0.2) is 116 Å². The zero-order chi connectivity index (χ0) is 33.3. The normalized spacial score (nSPS) is 21.1. The van der Waals surface area contributed by atoms with Crippen LogP contribution in [0.5, 0.6) is 11.5 Å². The molecular weight excluding hydrogens is 602 g/mol. The molecular formula is C40H45N3O5. The number of benzene rings is 4. The van der Waals surface area contributed by atoms with Gasteiger partial charge in [-0.25, -0.2) is 4.79 Å². The molecule has 2 aliphatic rings. The third-order valence-electron chi connectivity index (χ3n) is 9.25. The van der Waals surface area contributed by atoms with Crippen molar-refractivity contribution in [3.63, 3.8) is 0 Å². The van der Waals surface area contributed by atoms with Crippen LogP contribution in [0.2, 0.25) is 0 Å². The SMILES string of the molecule is C=CCN(C[C@H]1O[C@@H](c2cccc(NC(=O)Nc3ccc(Oc4ccccc4)cc3)c2)O[C@@H](c2ccc(CO)cc2)[C@H]1C)C1CCCC1. The van der Waals surface area contributed by atoms with Crippen LogP contribution in [0.3, 0.4) is 0 Å². The summed E-state index contributed by atoms with van der Waals surface area (Å²) in [6.45, 7) is 7.81. The highest BCUT2D eigenvalue weighted by Crippen LogP contribution is 2.42. The Morgan fingerprint density at radius 2 is 1.58 bits per heavy atom. The van der Waals surface area contributed by atoms with Gasteiger partial charge in [-0.1, -0.05) is 80.4 Å². The fraction of sp³-hybridized carbons (Fsp3) is 0.325. The Balaban J connectivity index is 1.16. The van der Waals surface area contributed by atoms with Crippen molar-refractivity contribution in [2.75, 3.05) is 23.7 Å². The van der Waals surface area contributed by atoms with Crippen molar-refractivity contribution in [2.45, 2.75) is 63.8 Å². The molecule has 2 amide bonds. The second kappa shape index (κ2) is 16.1. The summed E-state index contributed by atoms with van der Waals surface area (Å²) in [6.07, 6.45) is 5.94. The summed E-state index contributed by atoms with van der Waals surface area (Å²) in [6, 6.07) is 32.5. The Hall–Kier alpha value is -4.47. The summed E-state index contributed by atoms with van der Waals surface area (Å²) in [5.74, 6) is 1.50. The molecule has 6 rings (SSSR count). The molecule has 1 heterocycles. The van der Waals surface area contributed by atoms with E-state index in [-0.39, 0.29) is 30.8 Å². The lowest BCUT2D eigenvalue weighted by Gasteiger charge is -2.43. The van der Waals surface area contributed by atoms with Gasteiger partial charge in [0, 0.05) is 42.0 Å². The van der Waals surface area contributed by atoms with Gasteiger partial charge in [-0.15, -0.1) is 6.58 Å². The molecule has 4 aromatic carbocycles. The van der Waals surface area contributed by atoms with Crippen LogP contribution < -0.4 is 15.4 Å². The Labute approximate surface area is 283 Å². The predicted octanol–water partition coefficient (Wildman–Crippen LogP) is 8.84. The largest absolute Gasteiger partial charge is 0.457 e. The van der Waals surface area contributed by atoms with Crippen molar-refractivity contribution in [1.82, 2.24) is 4.90 Å². The first kappa shape index (κ1) is 33.4. The first-order valence-electron chi connectivity index (χ1n) is 16.9. The maximum Gasteiger partial charge on any atom is 0.323 e. The van der Waals surface area contributed by atoms with Crippen molar-refractivity contribution < 1.29 is 24.1 Å². The predicted molar refractivity (Wildman–Crippen MR) is 189 cm³/mol. The van der Waals surface area contributed by atoms with Gasteiger partial charge in [0.25, 0.3) is 0 Å². The number of para-hydroxylation sites is 1. The Morgan fingerprint density at radius 3 is 2.29 bits per heavy atom. The summed E-state index contributed by atoms with van der Waals surface area (Å²) >= 11 is 0. The zero-order valence-electron chi connectivity index (χ0n) is 27.5. The van der Waals surface area contributed by atoms with Crippen molar-refractivity contribution in [1.29, 1.82) is 0 Å². The summed E-state index contributed by atoms with van der Waals surface area (Å²) in [4.78, 5) is 15.5. The summed E-state index contributed by atoms with van der Waals surface area (Å²) in [7, 11) is 0. The topological polar surface area (TPSA) is 92.3 Å². The Kier molecular flexibility index (Phi) is 11.2. The van der Waals surface area contributed by atoms with E-state index < -0.39 is 6.29 Å². The van der Waals surface area contributed by atoms with Gasteiger partial charge >= 0.3 is 6.03 Å². The average Bonchev–Trinajstić information content (AvgIpc) is 3.66. The van der Waals surface area contributed by atoms with Gasteiger partial charge in [0.1, 0.15) is 11.5 Å². The number of aliphatic hydroxyl groups excluding tert-OH is 1. The number of rotatable bonds is 12. The second-order valence-electron chi connectivity index (χ2n) is 12.6. The van der Waals surface area contributed by atoms with Crippen LogP contribution in [0, 0.1) is 5.92 Å². The van der Waals surface area contributed by atoms with Gasteiger partial charge in [-0.05, 0) is 72.5 Å². The summed E-state index contributed by atoms with van der Waals surface area (Å²) < 4.78 is 19.3. The maximum absolute atomic E-state index is 13.0. The molecule has 0 aromatic heterocycles. The van der Waals surface area contributed by atoms with Crippen LogP contribution in [-0.2, 0) is 16.1 Å². The van der Waals surface area contributed by atoms with Gasteiger partial charge in [-0.2, -0.15) is 0 Å². The van der Waals surface area contributed by atoms with E-state index in [1.54, 1.807) is 12.1 Å². The number of urea groups is 1. The minimum Gasteiger partial charge on any atom is -0.457 e. The lowest BCUT2D eigenvalue weighted by molar-refractivity contribution is -0.276. The lowest BCUT2D eigenvalue weighted by atomic mass is 9.89. The molecule has 4 atom stereocenters. The van der Waals surface area contributed by atoms with E-state index in [9.17, 15) is 9.90 Å². The molecule has 250 valence electrons. The van der Waals surface area contributed by atoms with Crippen molar-refractivity contribution in [3.8, 4) is 11.5 Å². The van der Waals surface area contributed by atoms with Crippen molar-refractivity contribution in [3.05, 3.63) is 132 Å². The third kappa shape index (κ3) is 8.51. The summed E-state index contributed by atoms with van der Waals surface area (Å²) in [5.41, 5.74) is 3.99. The zero-order valence-corrected chi connectivity index (χ0v) is 27.5. The molecule has 1 aliphatic heterocycles. The van der Waals surface area contributed by atoms with Gasteiger partial charge in [0.05, 0.1) is 18.8 Å². The van der Waals surface area contributed by atoms with Crippen LogP contribution >= 0.6 is 0 Å². The number of anilines is 2. The molecule has 0 spiro atoms. The average molecular weight is 648 g/mol. The Morgan fingerprint density at radius 1 is 0.875 bits per heavy atom. The van der Waals surface area contributed by atoms with Crippen LogP contribution in [0.4, 0.5) is 16.2 Å². The number of nitrogens with zero attached hydrogens (tertiary/aromatic N) is 1. The minimum atomic E-state index is -0.634. The van der Waals surface area contributed by atoms with Gasteiger partial charge < -0.3 is 30.0 Å². The molecule has 2 fully saturated rings. The molecule has 8 heteroatoms. The first-order valence-corrected chi connectivity index (χ1v) is 16.9. The number of hydrogen-bond donors (Lipinski definition) is 3. The molecule has 0 radical (unpaired) electrons. The number of ether oxygens (including phenoxy) is 3. The fourth-order valence-corrected chi connectivity index (χ4v) is 6.65. The molecule has 3 N–H and O–H groups in total. The van der Waals surface area contributed by atoms with Crippen LogP contribution in [-0.4, -0.2) is 41.3 Å². The lowest BCUT2D eigenvalue weighted by Crippen LogP contribution is -2.47. The van der Waals surface area contributed by atoms with E-state index in [1.165, 1.54) is 25.7 Å². The minimum absolute atomic E-state index is 0.00499. The highest BCUT2D eigenvalue weighted by Gasteiger charge is 2.40. The molecule has 48 heavy (non-hydrogen) atoms. The van der Waals surface area contributed by atoms with E-state index in [2.05, 4.69) is 29.0 Å². The molecule has 8 nitrogen and oxygen atoms in total. The molecule has 1 saturated heterocycles. The molecule has 0 bridgehead atoms. The highest BCUT2D eigenvalue weighted by molar-refractivity contribution is 5.99. The van der Waals surface area contributed by atoms with E-state index in [0.29, 0.717) is 23.2 Å². The molecule has 1 saturated carbocycles. The fourth-order valence-electron chi connectivity index (χ4n) is 6.65. The van der Waals surface area contributed by atoms with Crippen LogP contribution in [0.1, 0.15) is 61.7 Å². The van der Waals surface area contributed by atoms with E-state index in [1.807, 2.05) is 97.1 Å². The van der Waals surface area contributed by atoms with Gasteiger partial charge in [0.2, 0.25) is 0 Å². The number of nitrogens with one attached hydrogen (secondary N) is 2. The first-order chi connectivity index (χ1) is 23.5. The molecule has 1 aliphatic carbocycles. The summed E-state index contributed by atoms with van der Waals surface area (Å²) in [5, 5.41) is 15.4. The monoisotopic (exact) mass is 647 g/mol. The molecule has 4 aromatic rings. The number of aliphatic hydroxyl groups is 1. The number of carbonyl (C=O) groups is 1. The molecule has 0 unspecified atom stereocenters. The van der Waals surface area contributed by atoms with Gasteiger partial charge in [0.15, 0.2) is 6.29 Å². The second-order valence-corrected chi connectivity index (χ2v) is 12.6. The third-order valence-corrected chi connectivity index (χ3v) is 9.25. The number of carbonyl (C=O) groups excluding carboxylic acids is 1. The van der Waals surface area contributed by atoms with Gasteiger partial charge in [-0.3, -0.25) is 4.90 Å². The Bertz CT molecular complexity index is 1620. The van der Waals surface area contributed by atoms with E-state index in [0.717, 1.165) is 35.5 Å². The van der Waals surface area contributed by atoms with Crippen molar-refractivity contribution >= 4 is 17.4 Å².